The Labute approximate surface area is 614 Å². The Morgan fingerprint density at radius 2 is 1.04 bits per heavy atom. The first-order chi connectivity index (χ1) is 50.4. The number of fused-ring (bicyclic) bond motifs is 14. The maximum absolute atomic E-state index is 16.0. The topological polar surface area (TPSA) is 419 Å². The summed E-state index contributed by atoms with van der Waals surface area (Å²) in [6.45, 7) is 2.47. The molecule has 0 fully saturated rings. The summed E-state index contributed by atoms with van der Waals surface area (Å²) in [5, 5.41) is 112. The highest BCUT2D eigenvalue weighted by Crippen LogP contribution is 2.49. The number of aliphatic hydroxyl groups is 1. The van der Waals surface area contributed by atoms with E-state index in [-0.39, 0.29) is 85.0 Å². The van der Waals surface area contributed by atoms with Gasteiger partial charge in [-0.2, -0.15) is 0 Å². The fraction of sp³-hybridized carbons (Fsp3) is 0.364. The van der Waals surface area contributed by atoms with Gasteiger partial charge in [0.15, 0.2) is 29.0 Å². The minimum atomic E-state index is -2.21. The highest BCUT2D eigenvalue weighted by Gasteiger charge is 2.42. The first kappa shape index (κ1) is 75.6. The second-order valence-corrected chi connectivity index (χ2v) is 27.7. The molecule has 7 aromatic carbocycles. The van der Waals surface area contributed by atoms with Crippen molar-refractivity contribution < 1.29 is 88.6 Å². The van der Waals surface area contributed by atoms with Crippen molar-refractivity contribution in [2.45, 2.75) is 171 Å². The van der Waals surface area contributed by atoms with Crippen LogP contribution in [0.25, 0.3) is 11.1 Å². The van der Waals surface area contributed by atoms with Gasteiger partial charge in [-0.1, -0.05) is 151 Å². The molecule has 0 saturated carbocycles. The maximum atomic E-state index is 16.0. The van der Waals surface area contributed by atoms with Gasteiger partial charge in [0.1, 0.15) is 82.6 Å². The first-order valence-corrected chi connectivity index (χ1v) is 36.0. The smallest absolute Gasteiger partial charge is 0.330 e. The second-order valence-electron chi connectivity index (χ2n) is 26.8. The molecule has 6 heterocycles. The van der Waals surface area contributed by atoms with Gasteiger partial charge in [0.2, 0.25) is 41.2 Å². The average molecular weight is 1480 g/mol. The number of unbranched alkanes of at least 4 members (excludes halogenated alkanes) is 15. The van der Waals surface area contributed by atoms with Gasteiger partial charge in [-0.15, -0.1) is 0 Å². The average Bonchev–Trinajstić information content (AvgIpc) is 0.750. The summed E-state index contributed by atoms with van der Waals surface area (Å²) in [6.07, 6.45) is 16.3. The van der Waals surface area contributed by atoms with E-state index in [2.05, 4.69) is 44.1 Å². The number of carboxylic acid groups (broad SMARTS) is 1. The molecule has 6 aliphatic rings. The molecule has 8 atom stereocenters. The van der Waals surface area contributed by atoms with Gasteiger partial charge < -0.3 is 98.0 Å². The molecule has 6 amide bonds. The lowest BCUT2D eigenvalue weighted by atomic mass is 9.88. The summed E-state index contributed by atoms with van der Waals surface area (Å²) in [5.41, 5.74) is 4.43. The van der Waals surface area contributed by atoms with Crippen LogP contribution in [0, 0.1) is 0 Å². The quantitative estimate of drug-likeness (QED) is 0.0315. The van der Waals surface area contributed by atoms with E-state index in [4.69, 9.17) is 43.1 Å². The minimum absolute atomic E-state index is 0.122. The Bertz CT molecular complexity index is 4460. The zero-order valence-corrected chi connectivity index (χ0v) is 59.0. The molecule has 26 nitrogen and oxygen atoms in total. The lowest BCUT2D eigenvalue weighted by Crippen LogP contribution is -2.55. The van der Waals surface area contributed by atoms with Crippen LogP contribution in [0.3, 0.4) is 0 Å². The monoisotopic (exact) mass is 1480 g/mol. The lowest BCUT2D eigenvalue weighted by molar-refractivity contribution is -0.143. The number of phenols is 6. The van der Waals surface area contributed by atoms with Crippen molar-refractivity contribution in [2.75, 3.05) is 6.54 Å². The highest BCUT2D eigenvalue weighted by atomic mass is 35.5. The minimum Gasteiger partial charge on any atom is -0.508 e. The van der Waals surface area contributed by atoms with Crippen molar-refractivity contribution in [2.24, 2.45) is 5.73 Å². The van der Waals surface area contributed by atoms with Gasteiger partial charge in [-0.25, -0.2) is 4.79 Å². The van der Waals surface area contributed by atoms with Gasteiger partial charge in [0.25, 0.3) is 0 Å². The van der Waals surface area contributed by atoms with Crippen molar-refractivity contribution >= 4 is 64.6 Å². The van der Waals surface area contributed by atoms with Crippen molar-refractivity contribution in [3.63, 3.8) is 0 Å². The third-order valence-electron chi connectivity index (χ3n) is 19.2. The van der Waals surface area contributed by atoms with Crippen LogP contribution in [0.4, 0.5) is 0 Å². The number of carboxylic acids is 1. The van der Waals surface area contributed by atoms with E-state index in [0.29, 0.717) is 12.1 Å². The van der Waals surface area contributed by atoms with Crippen molar-refractivity contribution in [1.29, 1.82) is 0 Å². The zero-order chi connectivity index (χ0) is 74.8. The number of nitrogens with two attached hydrogens (primary N) is 1. The Balaban J connectivity index is 0.988. The van der Waals surface area contributed by atoms with Crippen LogP contribution in [-0.4, -0.2) is 101 Å². The van der Waals surface area contributed by atoms with E-state index in [1.807, 2.05) is 0 Å². The van der Waals surface area contributed by atoms with Gasteiger partial charge in [0, 0.05) is 35.7 Å². The van der Waals surface area contributed by atoms with E-state index in [1.54, 1.807) is 0 Å². The van der Waals surface area contributed by atoms with Crippen LogP contribution in [0.1, 0.15) is 190 Å². The largest absolute Gasteiger partial charge is 0.508 e. The number of amides is 6. The summed E-state index contributed by atoms with van der Waals surface area (Å²) >= 11 is 13.8. The molecule has 0 unspecified atom stereocenters. The molecule has 17 bridgehead atoms. The number of carbonyl (C=O) groups is 7. The molecule has 6 aliphatic heterocycles. The summed E-state index contributed by atoms with van der Waals surface area (Å²) in [4.78, 5) is 105. The number of benzene rings is 7. The van der Waals surface area contributed by atoms with Crippen molar-refractivity contribution in [3.05, 3.63) is 164 Å². The number of nitrogens with one attached hydrogen (secondary N) is 7. The van der Waals surface area contributed by atoms with Crippen molar-refractivity contribution in [1.82, 2.24) is 37.2 Å². The number of carbonyl (C=O) groups excluding carboxylic acids is 6. The number of aromatic hydroxyl groups is 6. The van der Waals surface area contributed by atoms with E-state index < -0.39 is 147 Å². The fourth-order valence-corrected chi connectivity index (χ4v) is 14.0. The summed E-state index contributed by atoms with van der Waals surface area (Å²) < 4.78 is 18.6. The summed E-state index contributed by atoms with van der Waals surface area (Å²) in [5.74, 6) is -14.7. The Hall–Kier alpha value is -10.5. The number of hydrogen-bond donors (Lipinski definition) is 16. The molecule has 0 aromatic heterocycles. The molecule has 28 heteroatoms. The molecule has 0 aliphatic carbocycles. The van der Waals surface area contributed by atoms with E-state index in [9.17, 15) is 50.4 Å². The molecule has 13 rings (SSSR count). The van der Waals surface area contributed by atoms with Gasteiger partial charge >= 0.3 is 5.97 Å². The molecular formula is C77H84Cl2N8O18. The predicted octanol–water partition coefficient (Wildman–Crippen LogP) is 11.3. The third-order valence-corrected chi connectivity index (χ3v) is 19.8. The summed E-state index contributed by atoms with van der Waals surface area (Å²) in [7, 11) is 0. The number of ether oxygens (including phenoxy) is 3. The molecule has 0 saturated heterocycles. The summed E-state index contributed by atoms with van der Waals surface area (Å²) in [6, 6.07) is 7.74. The lowest BCUT2D eigenvalue weighted by Gasteiger charge is -2.31. The first-order valence-electron chi connectivity index (χ1n) is 35.2. The van der Waals surface area contributed by atoms with Gasteiger partial charge in [-0.3, -0.25) is 28.8 Å². The normalized spacial score (nSPS) is 20.1. The molecule has 7 aromatic rings. The van der Waals surface area contributed by atoms with Crippen LogP contribution < -0.4 is 57.2 Å². The fourth-order valence-electron chi connectivity index (χ4n) is 13.5. The van der Waals surface area contributed by atoms with Crippen LogP contribution in [0.5, 0.6) is 69.0 Å². The number of hydrogen-bond acceptors (Lipinski definition) is 19. The molecule has 17 N–H and O–H groups in total. The van der Waals surface area contributed by atoms with Crippen LogP contribution >= 0.6 is 23.2 Å². The number of phenolic OH excluding ortho intramolecular Hbond substituents is 6. The van der Waals surface area contributed by atoms with Crippen LogP contribution in [0.15, 0.2) is 109 Å². The zero-order valence-electron chi connectivity index (χ0n) is 57.4. The molecule has 0 spiro atoms. The highest BCUT2D eigenvalue weighted by molar-refractivity contribution is 6.32. The van der Waals surface area contributed by atoms with E-state index in [1.165, 1.54) is 131 Å². The number of aliphatic hydroxyl groups excluding tert-OH is 1. The second kappa shape index (κ2) is 33.9. The van der Waals surface area contributed by atoms with E-state index in [0.717, 1.165) is 80.6 Å². The molecule has 554 valence electrons. The maximum Gasteiger partial charge on any atom is 0.330 e. The molecule has 105 heavy (non-hydrogen) atoms. The Kier molecular flexibility index (Phi) is 24.5. The standard InChI is InChI=1S/C77H84Cl2N8O18/c1-2-3-4-5-6-7-8-9-10-11-12-13-14-15-16-17-26-81-38-49-55(91)37-48-61(69(49)93)47-31-41(20-22-53(47)89)63-73(97)87-67(76(100)86-66(48)77(101)102)68(92)42-21-25-57(51(79)32-42)105-60-35-44-34-59(70(60)94)104-56-24-18-39(27-50(56)78)28-52-71(95)83-64(74(98)85-65(44)75(99)84-63)43-29-45(88)36-46(30-43)103-58-33-40(19-23-54(58)90)62(80)72(96)82-52/h18-25,27,29-37,52,62-68,81,88-94H,2-17,26,28,38,80H2,1H3,(H,82,96)(H,83,95)(H,84,99)(H,85,98)(H,86,100)(H,87,97)(H,101,102)/t52-,62-,63-,64+,65-,66+,67+,68-/m1/s1. The van der Waals surface area contributed by atoms with E-state index >= 15 is 24.0 Å². The number of rotatable bonds is 20. The third kappa shape index (κ3) is 17.8. The van der Waals surface area contributed by atoms with Crippen LogP contribution in [0.2, 0.25) is 10.0 Å². The molecule has 0 radical (unpaired) electrons. The van der Waals surface area contributed by atoms with Crippen LogP contribution in [-0.2, 0) is 46.5 Å². The number of halogens is 2. The van der Waals surface area contributed by atoms with Crippen molar-refractivity contribution in [3.8, 4) is 80.1 Å². The van der Waals surface area contributed by atoms with Gasteiger partial charge in [0.05, 0.1) is 15.6 Å². The number of aliphatic carboxylic acids is 1. The predicted molar refractivity (Wildman–Crippen MR) is 386 cm³/mol. The Morgan fingerprint density at radius 1 is 0.495 bits per heavy atom. The molecular weight excluding hydrogens is 1400 g/mol. The Morgan fingerprint density at radius 3 is 1.66 bits per heavy atom. The SMILES string of the molecule is CCCCCCCCCCCCCCCCCCNCc1c(O)cc2c(c1O)-c1cc(ccc1O)[C@H]1NC(=O)[C@@H]3NC(=O)[C@H]4NC(=O)[C@@H](Cc5ccc(c(Cl)c5)Oc5cc3cc(c5O)Oc3ccc(cc3Cl)[C@@H](O)[C@H](NC1=O)C(=O)N[C@@H]2C(=O)O)NC(=O)[C@H](N)c1ccc(O)c(c1)Oc1cc(O)cc4c1. The van der Waals surface area contributed by atoms with Gasteiger partial charge in [-0.05, 0) is 125 Å².